The topological polar surface area (TPSA) is 138 Å². The van der Waals surface area contributed by atoms with Crippen LogP contribution >= 0.6 is 11.6 Å². The monoisotopic (exact) mass is 545 g/mol. The molecule has 2 unspecified atom stereocenters. The molecule has 2 fully saturated rings. The van der Waals surface area contributed by atoms with E-state index in [4.69, 9.17) is 29.2 Å². The highest BCUT2D eigenvalue weighted by Gasteiger charge is 2.52. The van der Waals surface area contributed by atoms with Crippen LogP contribution in [0.25, 0.3) is 0 Å². The molecule has 0 saturated heterocycles. The van der Waals surface area contributed by atoms with Gasteiger partial charge in [0.25, 0.3) is 0 Å². The molecule has 2 saturated carbocycles. The summed E-state index contributed by atoms with van der Waals surface area (Å²) in [6.07, 6.45) is 18.6. The van der Waals surface area contributed by atoms with E-state index in [2.05, 4.69) is 27.6 Å². The molecule has 0 bridgehead atoms. The molecule has 0 radical (unpaired) electrons. The number of nitrogens with two attached hydrogens (primary N) is 1. The number of halogens is 1. The van der Waals surface area contributed by atoms with E-state index in [0.717, 1.165) is 36.8 Å². The lowest BCUT2D eigenvalue weighted by atomic mass is 9.76. The Kier molecular flexibility index (Phi) is 8.82. The summed E-state index contributed by atoms with van der Waals surface area (Å²) in [7, 11) is 0. The lowest BCUT2D eigenvalue weighted by Gasteiger charge is -2.32. The number of hydrogen-bond acceptors (Lipinski definition) is 6. The van der Waals surface area contributed by atoms with Gasteiger partial charge in [-0.1, -0.05) is 48.4 Å². The second-order valence-electron chi connectivity index (χ2n) is 10.1. The van der Waals surface area contributed by atoms with Gasteiger partial charge in [0, 0.05) is 36.0 Å². The number of benzene rings is 1. The van der Waals surface area contributed by atoms with Gasteiger partial charge in [-0.2, -0.15) is 0 Å². The zero-order valence-electron chi connectivity index (χ0n) is 21.6. The van der Waals surface area contributed by atoms with Crippen molar-refractivity contribution in [2.75, 3.05) is 6.54 Å². The lowest BCUT2D eigenvalue weighted by Crippen LogP contribution is -2.39. The van der Waals surface area contributed by atoms with E-state index < -0.39 is 17.6 Å². The molecule has 202 valence electrons. The smallest absolute Gasteiger partial charge is 0.310 e. The number of ketones is 1. The third-order valence-electron chi connectivity index (χ3n) is 7.35. The van der Waals surface area contributed by atoms with Gasteiger partial charge in [-0.05, 0) is 48.7 Å². The fraction of sp³-hybridized carbons (Fsp3) is 0.367. The third kappa shape index (κ3) is 6.73. The molecule has 3 aliphatic carbocycles. The Balaban J connectivity index is 1.42. The number of carbonyl (C=O) groups is 3. The molecule has 5 N–H and O–H groups in total. The summed E-state index contributed by atoms with van der Waals surface area (Å²) in [6.45, 7) is -0.0999. The van der Waals surface area contributed by atoms with E-state index in [-0.39, 0.29) is 41.9 Å². The molecule has 39 heavy (non-hydrogen) atoms. The highest BCUT2D eigenvalue weighted by Crippen LogP contribution is 2.59. The van der Waals surface area contributed by atoms with Crippen LogP contribution in [0, 0.1) is 29.1 Å². The molecule has 2 amide bonds. The second kappa shape index (κ2) is 12.3. The Morgan fingerprint density at radius 1 is 1.21 bits per heavy atom. The van der Waals surface area contributed by atoms with Crippen LogP contribution in [0.3, 0.4) is 0 Å². The molecule has 0 spiro atoms. The molecular formula is C30H32ClN5O3. The van der Waals surface area contributed by atoms with Gasteiger partial charge in [-0.3, -0.25) is 19.4 Å². The summed E-state index contributed by atoms with van der Waals surface area (Å²) in [5, 5.41) is 13.1. The van der Waals surface area contributed by atoms with Gasteiger partial charge in [-0.15, -0.1) is 18.0 Å². The number of terminal acetylenes is 1. The van der Waals surface area contributed by atoms with Crippen molar-refractivity contribution in [2.24, 2.45) is 22.1 Å². The van der Waals surface area contributed by atoms with Crippen molar-refractivity contribution in [3.8, 4) is 12.3 Å². The van der Waals surface area contributed by atoms with E-state index in [1.807, 2.05) is 12.2 Å². The molecule has 0 heterocycles. The average Bonchev–Trinajstić information content (AvgIpc) is 3.88. The minimum absolute atomic E-state index is 0.0173. The summed E-state index contributed by atoms with van der Waals surface area (Å²) in [5.41, 5.74) is 8.12. The van der Waals surface area contributed by atoms with E-state index in [1.54, 1.807) is 30.5 Å². The number of alkyl halides is 1. The molecular weight excluding hydrogens is 514 g/mol. The van der Waals surface area contributed by atoms with Gasteiger partial charge >= 0.3 is 11.8 Å². The van der Waals surface area contributed by atoms with Crippen LogP contribution in [0.4, 0.5) is 0 Å². The molecule has 2 atom stereocenters. The standard InChI is InChI=1S/C30H32ClN5O3/c1-2-14-34-28(38)29(39)36-17-19-6-3-4-7-23(19)27(37)25(33)15-30(12-13-30)24-9-5-8-22(26(24)31)20(16-32)18-35-21-10-11-21/h1,3-9,16,18,21,24,26,33H,10-15,17,32H2,(H,34,38)(H,36,39). The highest BCUT2D eigenvalue weighted by atomic mass is 35.5. The van der Waals surface area contributed by atoms with E-state index in [0.29, 0.717) is 17.2 Å². The number of amides is 2. The first-order valence-corrected chi connectivity index (χ1v) is 13.4. The summed E-state index contributed by atoms with van der Waals surface area (Å²) in [4.78, 5) is 41.8. The van der Waals surface area contributed by atoms with Crippen molar-refractivity contribution in [3.05, 3.63) is 71.0 Å². The maximum Gasteiger partial charge on any atom is 0.310 e. The van der Waals surface area contributed by atoms with E-state index >= 15 is 0 Å². The Bertz CT molecular complexity index is 1330. The predicted molar refractivity (Wildman–Crippen MR) is 153 cm³/mol. The molecule has 8 nitrogen and oxygen atoms in total. The first-order chi connectivity index (χ1) is 18.8. The van der Waals surface area contributed by atoms with Crippen molar-refractivity contribution in [1.29, 1.82) is 5.41 Å². The van der Waals surface area contributed by atoms with Crippen molar-refractivity contribution >= 4 is 41.1 Å². The number of Topliss-reactive ketones (excluding diaryl/α,β-unsaturated/α-hetero) is 1. The van der Waals surface area contributed by atoms with E-state index in [1.165, 1.54) is 6.20 Å². The van der Waals surface area contributed by atoms with Gasteiger partial charge < -0.3 is 21.8 Å². The number of nitrogens with zero attached hydrogens (tertiary/aromatic N) is 1. The van der Waals surface area contributed by atoms with Crippen molar-refractivity contribution < 1.29 is 14.4 Å². The number of allylic oxidation sites excluding steroid dienone is 5. The predicted octanol–water partition coefficient (Wildman–Crippen LogP) is 3.22. The highest BCUT2D eigenvalue weighted by molar-refractivity contribution is 6.45. The normalized spacial score (nSPS) is 21.5. The third-order valence-corrected chi connectivity index (χ3v) is 7.86. The largest absolute Gasteiger partial charge is 0.404 e. The van der Waals surface area contributed by atoms with Gasteiger partial charge in [-0.25, -0.2) is 0 Å². The minimum Gasteiger partial charge on any atom is -0.404 e. The fourth-order valence-electron chi connectivity index (χ4n) is 4.80. The summed E-state index contributed by atoms with van der Waals surface area (Å²) >= 11 is 6.99. The first kappa shape index (κ1) is 28.1. The molecule has 1 aromatic carbocycles. The molecule has 3 aliphatic rings. The van der Waals surface area contributed by atoms with Gasteiger partial charge in [0.15, 0.2) is 0 Å². The SMILES string of the molecule is C#CCNC(=O)C(=O)NCc1ccccc1C(=O)C(=N)CC1(C2C=CC=C(C(C=NC3CC3)=CN)C2Cl)CC1. The van der Waals surface area contributed by atoms with E-state index in [9.17, 15) is 14.4 Å². The number of carbonyl (C=O) groups excluding carboxylic acids is 3. The lowest BCUT2D eigenvalue weighted by molar-refractivity contribution is -0.139. The quantitative estimate of drug-likeness (QED) is 0.111. The molecule has 0 aromatic heterocycles. The maximum absolute atomic E-state index is 13.4. The van der Waals surface area contributed by atoms with Crippen LogP contribution in [0.5, 0.6) is 0 Å². The fourth-order valence-corrected chi connectivity index (χ4v) is 5.35. The Hall–Kier alpha value is -3.96. The van der Waals surface area contributed by atoms with Crippen LogP contribution in [-0.2, 0) is 16.1 Å². The number of hydrogen-bond donors (Lipinski definition) is 4. The summed E-state index contributed by atoms with van der Waals surface area (Å²) in [5.74, 6) is 0.0471. The van der Waals surface area contributed by atoms with Gasteiger partial charge in [0.1, 0.15) is 0 Å². The zero-order valence-corrected chi connectivity index (χ0v) is 22.3. The van der Waals surface area contributed by atoms with Crippen LogP contribution in [0.2, 0.25) is 0 Å². The van der Waals surface area contributed by atoms with Crippen LogP contribution in [0.1, 0.15) is 48.0 Å². The minimum atomic E-state index is -0.853. The molecule has 4 rings (SSSR count). The second-order valence-corrected chi connectivity index (χ2v) is 10.6. The maximum atomic E-state index is 13.4. The Labute approximate surface area is 233 Å². The first-order valence-electron chi connectivity index (χ1n) is 13.0. The summed E-state index contributed by atoms with van der Waals surface area (Å²) < 4.78 is 0. The van der Waals surface area contributed by atoms with Crippen molar-refractivity contribution in [3.63, 3.8) is 0 Å². The van der Waals surface area contributed by atoms with Gasteiger partial charge in [0.2, 0.25) is 5.78 Å². The average molecular weight is 546 g/mol. The van der Waals surface area contributed by atoms with Crippen LogP contribution < -0.4 is 16.4 Å². The summed E-state index contributed by atoms with van der Waals surface area (Å²) in [6, 6.07) is 7.12. The molecule has 9 heteroatoms. The van der Waals surface area contributed by atoms with Crippen molar-refractivity contribution in [2.45, 2.75) is 50.1 Å². The van der Waals surface area contributed by atoms with Crippen LogP contribution in [0.15, 0.2) is 64.8 Å². The van der Waals surface area contributed by atoms with Crippen LogP contribution in [-0.4, -0.2) is 47.5 Å². The number of aliphatic imine (C=N–C) groups is 1. The number of rotatable bonds is 11. The number of nitrogens with one attached hydrogen (secondary N) is 3. The van der Waals surface area contributed by atoms with Crippen molar-refractivity contribution in [1.82, 2.24) is 10.6 Å². The zero-order chi connectivity index (χ0) is 28.0. The van der Waals surface area contributed by atoms with Gasteiger partial charge in [0.05, 0.1) is 23.7 Å². The Morgan fingerprint density at radius 3 is 2.59 bits per heavy atom. The molecule has 0 aliphatic heterocycles. The molecule has 1 aromatic rings. The Morgan fingerprint density at radius 2 is 1.92 bits per heavy atom.